The van der Waals surface area contributed by atoms with Crippen molar-refractivity contribution in [3.63, 3.8) is 0 Å². The number of hydrogen-bond donors (Lipinski definition) is 2. The van der Waals surface area contributed by atoms with E-state index < -0.39 is 0 Å². The van der Waals surface area contributed by atoms with Gasteiger partial charge in [0.1, 0.15) is 0 Å². The molecule has 0 spiro atoms. The van der Waals surface area contributed by atoms with Crippen molar-refractivity contribution < 1.29 is 0 Å². The molecule has 4 heteroatoms. The van der Waals surface area contributed by atoms with Crippen LogP contribution in [0.2, 0.25) is 0 Å². The lowest BCUT2D eigenvalue weighted by Crippen LogP contribution is -1.98. The van der Waals surface area contributed by atoms with Crippen LogP contribution in [0.25, 0.3) is 0 Å². The van der Waals surface area contributed by atoms with Gasteiger partial charge in [0.25, 0.3) is 0 Å². The first-order valence-corrected chi connectivity index (χ1v) is 5.77. The molecule has 0 bridgehead atoms. The maximum Gasteiger partial charge on any atom is 0.227 e. The molecule has 1 aliphatic carbocycles. The van der Waals surface area contributed by atoms with Crippen LogP contribution >= 0.6 is 0 Å². The zero-order valence-electron chi connectivity index (χ0n) is 9.48. The predicted octanol–water partition coefficient (Wildman–Crippen LogP) is 2.29. The lowest BCUT2D eigenvalue weighted by atomic mass is 10.1. The van der Waals surface area contributed by atoms with E-state index >= 15 is 0 Å². The Balaban J connectivity index is 1.83. The highest BCUT2D eigenvalue weighted by Gasteiger charge is 2.10. The third-order valence-electron chi connectivity index (χ3n) is 3.03. The summed E-state index contributed by atoms with van der Waals surface area (Å²) in [5, 5.41) is 3.18. The fraction of sp³-hybridized carbons (Fsp3) is 0.231. The number of aryl methyl sites for hydroxylation is 2. The molecule has 2 aromatic rings. The smallest absolute Gasteiger partial charge is 0.227 e. The van der Waals surface area contributed by atoms with Gasteiger partial charge in [-0.1, -0.05) is 6.07 Å². The van der Waals surface area contributed by atoms with Crippen LogP contribution in [-0.2, 0) is 12.8 Å². The number of nitrogen functional groups attached to an aromatic ring is 1. The third-order valence-corrected chi connectivity index (χ3v) is 3.03. The summed E-state index contributed by atoms with van der Waals surface area (Å²) in [5.74, 6) is 0.581. The second-order valence-corrected chi connectivity index (χ2v) is 4.30. The molecule has 1 aromatic carbocycles. The van der Waals surface area contributed by atoms with Gasteiger partial charge in [0.15, 0.2) is 0 Å². The van der Waals surface area contributed by atoms with E-state index in [-0.39, 0.29) is 0 Å². The molecular weight excluding hydrogens is 212 g/mol. The van der Waals surface area contributed by atoms with Crippen LogP contribution in [-0.4, -0.2) is 9.97 Å². The molecule has 1 aromatic heterocycles. The largest absolute Gasteiger partial charge is 0.396 e. The summed E-state index contributed by atoms with van der Waals surface area (Å²) in [6, 6.07) is 6.44. The maximum atomic E-state index is 5.54. The van der Waals surface area contributed by atoms with Crippen LogP contribution in [0, 0.1) is 0 Å². The predicted molar refractivity (Wildman–Crippen MR) is 68.2 cm³/mol. The zero-order valence-corrected chi connectivity index (χ0v) is 9.48. The average molecular weight is 226 g/mol. The van der Waals surface area contributed by atoms with Crippen molar-refractivity contribution in [1.82, 2.24) is 9.97 Å². The van der Waals surface area contributed by atoms with Crippen LogP contribution in [0.4, 0.5) is 17.3 Å². The van der Waals surface area contributed by atoms with Gasteiger partial charge in [-0.05, 0) is 42.5 Å². The van der Waals surface area contributed by atoms with Crippen LogP contribution in [0.5, 0.6) is 0 Å². The molecule has 0 saturated carbocycles. The van der Waals surface area contributed by atoms with Gasteiger partial charge in [0.05, 0.1) is 18.1 Å². The number of anilines is 3. The van der Waals surface area contributed by atoms with E-state index in [4.69, 9.17) is 5.73 Å². The highest BCUT2D eigenvalue weighted by atomic mass is 15.1. The number of aromatic nitrogens is 2. The summed E-state index contributed by atoms with van der Waals surface area (Å²) in [4.78, 5) is 8.24. The van der Waals surface area contributed by atoms with Crippen molar-refractivity contribution in [2.24, 2.45) is 0 Å². The van der Waals surface area contributed by atoms with Gasteiger partial charge in [0.2, 0.25) is 5.95 Å². The molecule has 3 rings (SSSR count). The Morgan fingerprint density at radius 2 is 1.82 bits per heavy atom. The first-order valence-electron chi connectivity index (χ1n) is 5.77. The minimum atomic E-state index is 0.574. The fourth-order valence-electron chi connectivity index (χ4n) is 2.18. The van der Waals surface area contributed by atoms with Gasteiger partial charge >= 0.3 is 0 Å². The molecule has 0 radical (unpaired) electrons. The van der Waals surface area contributed by atoms with E-state index in [9.17, 15) is 0 Å². The molecular formula is C13H14N4. The van der Waals surface area contributed by atoms with E-state index in [0.29, 0.717) is 11.6 Å². The van der Waals surface area contributed by atoms with Crippen LogP contribution in [0.3, 0.4) is 0 Å². The van der Waals surface area contributed by atoms with Gasteiger partial charge in [-0.15, -0.1) is 0 Å². The summed E-state index contributed by atoms with van der Waals surface area (Å²) >= 11 is 0. The molecule has 1 aliphatic rings. The van der Waals surface area contributed by atoms with Crippen LogP contribution in [0.1, 0.15) is 17.5 Å². The number of hydrogen-bond acceptors (Lipinski definition) is 4. The monoisotopic (exact) mass is 226 g/mol. The number of fused-ring (bicyclic) bond motifs is 1. The molecule has 1 heterocycles. The van der Waals surface area contributed by atoms with Crippen molar-refractivity contribution in [3.8, 4) is 0 Å². The number of nitrogens with zero attached hydrogens (tertiary/aromatic N) is 2. The molecule has 3 N–H and O–H groups in total. The highest BCUT2D eigenvalue weighted by Crippen LogP contribution is 2.25. The Kier molecular flexibility index (Phi) is 2.40. The van der Waals surface area contributed by atoms with Gasteiger partial charge in [-0.2, -0.15) is 0 Å². The quantitative estimate of drug-likeness (QED) is 0.824. The fourth-order valence-corrected chi connectivity index (χ4v) is 2.18. The molecule has 17 heavy (non-hydrogen) atoms. The third kappa shape index (κ3) is 2.06. The van der Waals surface area contributed by atoms with Crippen molar-refractivity contribution in [1.29, 1.82) is 0 Å². The minimum Gasteiger partial charge on any atom is -0.396 e. The summed E-state index contributed by atoms with van der Waals surface area (Å²) in [5.41, 5.74) is 10.1. The molecule has 0 saturated heterocycles. The Bertz CT molecular complexity index is 534. The van der Waals surface area contributed by atoms with E-state index in [2.05, 4.69) is 33.5 Å². The summed E-state index contributed by atoms with van der Waals surface area (Å²) in [6.07, 6.45) is 6.84. The summed E-state index contributed by atoms with van der Waals surface area (Å²) in [7, 11) is 0. The Hall–Kier alpha value is -2.10. The number of benzene rings is 1. The van der Waals surface area contributed by atoms with Crippen LogP contribution < -0.4 is 11.1 Å². The molecule has 0 amide bonds. The van der Waals surface area contributed by atoms with E-state index in [1.807, 2.05) is 0 Å². The topological polar surface area (TPSA) is 63.8 Å². The zero-order chi connectivity index (χ0) is 11.7. The van der Waals surface area contributed by atoms with E-state index in [1.165, 1.54) is 30.4 Å². The van der Waals surface area contributed by atoms with Gasteiger partial charge in [0, 0.05) is 5.69 Å². The molecule has 4 nitrogen and oxygen atoms in total. The first kappa shape index (κ1) is 10.1. The Labute approximate surface area is 99.9 Å². The second-order valence-electron chi connectivity index (χ2n) is 4.30. The molecule has 0 aliphatic heterocycles. The number of rotatable bonds is 2. The van der Waals surface area contributed by atoms with Gasteiger partial charge in [-0.3, -0.25) is 0 Å². The normalized spacial score (nSPS) is 13.4. The Morgan fingerprint density at radius 3 is 2.65 bits per heavy atom. The lowest BCUT2D eigenvalue weighted by molar-refractivity contribution is 0.912. The van der Waals surface area contributed by atoms with Crippen LogP contribution in [0.15, 0.2) is 30.6 Å². The van der Waals surface area contributed by atoms with Crippen molar-refractivity contribution >= 4 is 17.3 Å². The summed E-state index contributed by atoms with van der Waals surface area (Å²) < 4.78 is 0. The maximum absolute atomic E-state index is 5.54. The molecule has 86 valence electrons. The second kappa shape index (κ2) is 4.05. The standard InChI is InChI=1S/C13H14N4/c14-11-7-15-13(16-8-11)17-12-5-4-9-2-1-3-10(9)6-12/h4-8H,1-3,14H2,(H,15,16,17). The lowest BCUT2D eigenvalue weighted by Gasteiger charge is -2.06. The highest BCUT2D eigenvalue weighted by molar-refractivity contribution is 5.57. The molecule has 0 unspecified atom stereocenters. The van der Waals surface area contributed by atoms with E-state index in [0.717, 1.165) is 5.69 Å². The van der Waals surface area contributed by atoms with E-state index in [1.54, 1.807) is 12.4 Å². The molecule has 0 atom stereocenters. The molecule has 0 fully saturated rings. The minimum absolute atomic E-state index is 0.574. The van der Waals surface area contributed by atoms with Gasteiger partial charge in [-0.25, -0.2) is 9.97 Å². The SMILES string of the molecule is Nc1cnc(Nc2ccc3c(c2)CCC3)nc1. The van der Waals surface area contributed by atoms with Crippen molar-refractivity contribution in [3.05, 3.63) is 41.7 Å². The van der Waals surface area contributed by atoms with Crippen molar-refractivity contribution in [2.75, 3.05) is 11.1 Å². The Morgan fingerprint density at radius 1 is 1.06 bits per heavy atom. The summed E-state index contributed by atoms with van der Waals surface area (Å²) in [6.45, 7) is 0. The van der Waals surface area contributed by atoms with Crippen molar-refractivity contribution in [2.45, 2.75) is 19.3 Å². The average Bonchev–Trinajstić information content (AvgIpc) is 2.79. The first-order chi connectivity index (χ1) is 8.31. The number of nitrogens with two attached hydrogens (primary N) is 1. The van der Waals surface area contributed by atoms with Gasteiger partial charge < -0.3 is 11.1 Å². The number of nitrogens with one attached hydrogen (secondary N) is 1.